The molecule has 2 N–H and O–H groups in total. The van der Waals surface area contributed by atoms with Crippen LogP contribution in [0.1, 0.15) is 34.0 Å². The molecule has 186 valence electrons. The maximum atomic E-state index is 14.1. The molecule has 0 bridgehead atoms. The van der Waals surface area contributed by atoms with Crippen molar-refractivity contribution in [3.63, 3.8) is 0 Å². The van der Waals surface area contributed by atoms with Gasteiger partial charge < -0.3 is 5.32 Å². The van der Waals surface area contributed by atoms with Gasteiger partial charge in [0, 0.05) is 22.2 Å². The molecule has 3 aliphatic heterocycles. The van der Waals surface area contributed by atoms with Crippen LogP contribution in [0.4, 0.5) is 11.4 Å². The Morgan fingerprint density at radius 3 is 2.35 bits per heavy atom. The normalized spacial score (nSPS) is 26.0. The molecule has 2 saturated heterocycles. The van der Waals surface area contributed by atoms with E-state index in [-0.39, 0.29) is 17.6 Å². The molecule has 4 atom stereocenters. The number of Topliss-reactive ketones (excluding diaryl/α,β-unsaturated/α-hetero) is 1. The maximum absolute atomic E-state index is 14.1. The Balaban J connectivity index is 1.49. The van der Waals surface area contributed by atoms with Gasteiger partial charge in [0.25, 0.3) is 0 Å². The van der Waals surface area contributed by atoms with Crippen molar-refractivity contribution in [2.45, 2.75) is 31.8 Å². The lowest BCUT2D eigenvalue weighted by Gasteiger charge is -2.29. The van der Waals surface area contributed by atoms with Gasteiger partial charge in [-0.3, -0.25) is 24.5 Å². The summed E-state index contributed by atoms with van der Waals surface area (Å²) in [6.07, 6.45) is 0.467. The topological polar surface area (TPSA) is 95.6 Å². The number of anilines is 2. The average Bonchev–Trinajstić information content (AvgIpc) is 3.47. The highest BCUT2D eigenvalue weighted by atomic mass is 35.5. The summed E-state index contributed by atoms with van der Waals surface area (Å²) in [5.74, 6) is -2.97. The van der Waals surface area contributed by atoms with Crippen molar-refractivity contribution in [3.05, 3.63) is 94.0 Å². The summed E-state index contributed by atoms with van der Waals surface area (Å²) >= 11 is 6.35. The van der Waals surface area contributed by atoms with Crippen LogP contribution in [0.25, 0.3) is 0 Å². The first kappa shape index (κ1) is 23.6. The molecule has 37 heavy (non-hydrogen) atoms. The Morgan fingerprint density at radius 1 is 0.973 bits per heavy atom. The summed E-state index contributed by atoms with van der Waals surface area (Å²) in [7, 11) is 0. The van der Waals surface area contributed by atoms with Crippen LogP contribution in [0.2, 0.25) is 5.02 Å². The molecule has 3 aromatic carbocycles. The molecule has 0 saturated carbocycles. The van der Waals surface area contributed by atoms with Crippen LogP contribution in [0.15, 0.2) is 66.7 Å². The van der Waals surface area contributed by atoms with Gasteiger partial charge in [-0.1, -0.05) is 48.0 Å². The van der Waals surface area contributed by atoms with Gasteiger partial charge in [-0.05, 0) is 61.7 Å². The second kappa shape index (κ2) is 8.36. The molecule has 8 heteroatoms. The molecule has 0 aliphatic carbocycles. The lowest BCUT2D eigenvalue weighted by molar-refractivity contribution is -0.130. The molecule has 7 nitrogen and oxygen atoms in total. The third-order valence-electron chi connectivity index (χ3n) is 7.92. The number of carbonyl (C=O) groups excluding carboxylic acids is 4. The van der Waals surface area contributed by atoms with E-state index in [1.54, 1.807) is 36.4 Å². The van der Waals surface area contributed by atoms with Gasteiger partial charge in [-0.25, -0.2) is 4.90 Å². The number of hydrogen-bond donors (Lipinski definition) is 2. The summed E-state index contributed by atoms with van der Waals surface area (Å²) in [4.78, 5) is 54.7. The number of imide groups is 1. The number of carbonyl (C=O) groups is 4. The predicted molar refractivity (Wildman–Crippen MR) is 139 cm³/mol. The first-order chi connectivity index (χ1) is 17.7. The standard InChI is InChI=1S/C29H24ClN3O4/c1-15-21(30)13-12-20-25(15)31-28(37)29(20)24-23(22(32-29)14-17-6-4-3-5-7-17)26(35)33(27(24)36)19-10-8-18(9-11-19)16(2)34/h3-13,22-24,32H,14H2,1-2H3,(H,31,37)/t22-,23-,24-,29-/m0/s1. The van der Waals surface area contributed by atoms with Crippen molar-refractivity contribution in [2.24, 2.45) is 11.8 Å². The summed E-state index contributed by atoms with van der Waals surface area (Å²) in [6.45, 7) is 3.28. The van der Waals surface area contributed by atoms with E-state index in [1.807, 2.05) is 37.3 Å². The molecular formula is C29H24ClN3O4. The Hall–Kier alpha value is -3.81. The second-order valence-corrected chi connectivity index (χ2v) is 10.3. The molecule has 3 amide bonds. The first-order valence-electron chi connectivity index (χ1n) is 12.2. The third kappa shape index (κ3) is 3.31. The van der Waals surface area contributed by atoms with E-state index in [0.29, 0.717) is 39.5 Å². The summed E-state index contributed by atoms with van der Waals surface area (Å²) < 4.78 is 0. The highest BCUT2D eigenvalue weighted by molar-refractivity contribution is 6.32. The van der Waals surface area contributed by atoms with E-state index >= 15 is 0 Å². The van der Waals surface area contributed by atoms with Crippen molar-refractivity contribution >= 4 is 46.5 Å². The van der Waals surface area contributed by atoms with Crippen molar-refractivity contribution in [3.8, 4) is 0 Å². The Kier molecular flexibility index (Phi) is 5.33. The highest BCUT2D eigenvalue weighted by Gasteiger charge is 2.70. The van der Waals surface area contributed by atoms with E-state index < -0.39 is 29.3 Å². The molecule has 0 aromatic heterocycles. The number of halogens is 1. The maximum Gasteiger partial charge on any atom is 0.250 e. The van der Waals surface area contributed by atoms with Crippen molar-refractivity contribution in [1.82, 2.24) is 5.32 Å². The van der Waals surface area contributed by atoms with Crippen LogP contribution in [-0.2, 0) is 26.3 Å². The summed E-state index contributed by atoms with van der Waals surface area (Å²) in [6, 6.07) is 19.1. The fourth-order valence-corrected chi connectivity index (χ4v) is 6.29. The van der Waals surface area contributed by atoms with Crippen LogP contribution in [0.3, 0.4) is 0 Å². The molecule has 3 aromatic rings. The van der Waals surface area contributed by atoms with Crippen LogP contribution < -0.4 is 15.5 Å². The van der Waals surface area contributed by atoms with Crippen molar-refractivity contribution in [2.75, 3.05) is 10.2 Å². The number of amides is 3. The number of ketones is 1. The van der Waals surface area contributed by atoms with Gasteiger partial charge >= 0.3 is 0 Å². The second-order valence-electron chi connectivity index (χ2n) is 9.92. The van der Waals surface area contributed by atoms with Gasteiger partial charge in [0.15, 0.2) is 5.78 Å². The average molecular weight is 514 g/mol. The quantitative estimate of drug-likeness (QED) is 0.406. The summed E-state index contributed by atoms with van der Waals surface area (Å²) in [5, 5.41) is 6.91. The monoisotopic (exact) mass is 513 g/mol. The molecule has 1 spiro atoms. The molecule has 3 heterocycles. The Bertz CT molecular complexity index is 1490. The van der Waals surface area contributed by atoms with Gasteiger partial charge in [0.2, 0.25) is 17.7 Å². The number of nitrogens with zero attached hydrogens (tertiary/aromatic N) is 1. The van der Waals surface area contributed by atoms with E-state index in [4.69, 9.17) is 11.6 Å². The first-order valence-corrected chi connectivity index (χ1v) is 12.5. The number of benzene rings is 3. The van der Waals surface area contributed by atoms with Crippen molar-refractivity contribution in [1.29, 1.82) is 0 Å². The molecule has 2 fully saturated rings. The lowest BCUT2D eigenvalue weighted by atomic mass is 9.76. The molecule has 3 aliphatic rings. The minimum atomic E-state index is -1.41. The number of nitrogens with one attached hydrogen (secondary N) is 2. The van der Waals surface area contributed by atoms with E-state index in [1.165, 1.54) is 11.8 Å². The Morgan fingerprint density at radius 2 is 1.68 bits per heavy atom. The van der Waals surface area contributed by atoms with Crippen LogP contribution >= 0.6 is 11.6 Å². The van der Waals surface area contributed by atoms with E-state index in [2.05, 4.69) is 10.6 Å². The zero-order valence-corrected chi connectivity index (χ0v) is 21.0. The lowest BCUT2D eigenvalue weighted by Crippen LogP contribution is -2.53. The van der Waals surface area contributed by atoms with Gasteiger partial charge in [0.05, 0.1) is 23.2 Å². The SMILES string of the molecule is CC(=O)c1ccc(N2C(=O)[C@H]3[C@H](Cc4ccccc4)N[C@]4(C(=O)Nc5c4ccc(Cl)c5C)[C@@H]3C2=O)cc1. The van der Waals surface area contributed by atoms with Gasteiger partial charge in [-0.15, -0.1) is 0 Å². The van der Waals surface area contributed by atoms with Gasteiger partial charge in [0.1, 0.15) is 5.54 Å². The fraction of sp³-hybridized carbons (Fsp3) is 0.241. The number of hydrogen-bond acceptors (Lipinski definition) is 5. The smallest absolute Gasteiger partial charge is 0.250 e. The number of rotatable bonds is 4. The van der Waals surface area contributed by atoms with Crippen molar-refractivity contribution < 1.29 is 19.2 Å². The van der Waals surface area contributed by atoms with Crippen LogP contribution in [0, 0.1) is 18.8 Å². The predicted octanol–water partition coefficient (Wildman–Crippen LogP) is 4.02. The zero-order valence-electron chi connectivity index (χ0n) is 20.2. The van der Waals surface area contributed by atoms with E-state index in [0.717, 1.165) is 5.56 Å². The molecular weight excluding hydrogens is 490 g/mol. The van der Waals surface area contributed by atoms with Crippen LogP contribution in [0.5, 0.6) is 0 Å². The number of fused-ring (bicyclic) bond motifs is 4. The zero-order chi connectivity index (χ0) is 26.1. The molecule has 6 rings (SSSR count). The third-order valence-corrected chi connectivity index (χ3v) is 8.32. The highest BCUT2D eigenvalue weighted by Crippen LogP contribution is 2.55. The molecule has 0 unspecified atom stereocenters. The minimum Gasteiger partial charge on any atom is -0.324 e. The molecule has 0 radical (unpaired) electrons. The summed E-state index contributed by atoms with van der Waals surface area (Å²) in [5.41, 5.74) is 2.37. The van der Waals surface area contributed by atoms with Crippen LogP contribution in [-0.4, -0.2) is 29.5 Å². The fourth-order valence-electron chi connectivity index (χ4n) is 6.13. The van der Waals surface area contributed by atoms with E-state index in [9.17, 15) is 19.2 Å². The minimum absolute atomic E-state index is 0.109. The van der Waals surface area contributed by atoms with Gasteiger partial charge in [-0.2, -0.15) is 0 Å². The largest absolute Gasteiger partial charge is 0.324 e. The Labute approximate surface area is 218 Å².